The highest BCUT2D eigenvalue weighted by molar-refractivity contribution is 7.92. The van der Waals surface area contributed by atoms with Gasteiger partial charge in [-0.25, -0.2) is 13.2 Å². The number of benzene rings is 2. The molecule has 1 aliphatic heterocycles. The fraction of sp³-hybridized carbons (Fsp3) is 0.250. The zero-order chi connectivity index (χ0) is 21.9. The van der Waals surface area contributed by atoms with Crippen molar-refractivity contribution in [3.8, 4) is 5.75 Å². The number of ether oxygens (including phenoxy) is 2. The normalized spacial score (nSPS) is 12.8. The maximum Gasteiger partial charge on any atom is 0.338 e. The van der Waals surface area contributed by atoms with Crippen molar-refractivity contribution in [1.82, 2.24) is 5.32 Å². The van der Waals surface area contributed by atoms with Crippen LogP contribution in [0, 0.1) is 0 Å². The van der Waals surface area contributed by atoms with E-state index in [-0.39, 0.29) is 11.1 Å². The summed E-state index contributed by atoms with van der Waals surface area (Å²) in [5.41, 5.74) is 1.58. The molecule has 0 atom stereocenters. The number of carbonyl (C=O) groups excluding carboxylic acids is 3. The third-order valence-electron chi connectivity index (χ3n) is 4.51. The zero-order valence-electron chi connectivity index (χ0n) is 16.4. The zero-order valence-corrected chi connectivity index (χ0v) is 17.2. The van der Waals surface area contributed by atoms with Gasteiger partial charge in [-0.15, -0.1) is 0 Å². The summed E-state index contributed by atoms with van der Waals surface area (Å²) < 4.78 is 34.9. The lowest BCUT2D eigenvalue weighted by atomic mass is 10.1. The van der Waals surface area contributed by atoms with Gasteiger partial charge in [0.25, 0.3) is 11.8 Å². The van der Waals surface area contributed by atoms with E-state index in [2.05, 4.69) is 5.32 Å². The molecule has 2 aromatic carbocycles. The minimum atomic E-state index is -3.39. The van der Waals surface area contributed by atoms with E-state index in [9.17, 15) is 22.8 Å². The first-order chi connectivity index (χ1) is 14.2. The first kappa shape index (κ1) is 21.3. The molecule has 1 heterocycles. The second kappa shape index (κ2) is 8.54. The van der Waals surface area contributed by atoms with Gasteiger partial charge in [0, 0.05) is 6.54 Å². The van der Waals surface area contributed by atoms with E-state index >= 15 is 0 Å². The van der Waals surface area contributed by atoms with Crippen LogP contribution in [0.3, 0.4) is 0 Å². The molecule has 1 N–H and O–H groups in total. The van der Waals surface area contributed by atoms with Gasteiger partial charge in [0.05, 0.1) is 30.2 Å². The molecular weight excluding hydrogens is 412 g/mol. The van der Waals surface area contributed by atoms with Gasteiger partial charge in [-0.3, -0.25) is 19.2 Å². The van der Waals surface area contributed by atoms with Crippen molar-refractivity contribution >= 4 is 33.5 Å². The first-order valence-electron chi connectivity index (χ1n) is 8.95. The van der Waals surface area contributed by atoms with Crippen molar-refractivity contribution in [3.05, 3.63) is 59.2 Å². The van der Waals surface area contributed by atoms with E-state index in [1.807, 2.05) is 0 Å². The molecule has 1 aliphatic rings. The van der Waals surface area contributed by atoms with Gasteiger partial charge in [-0.1, -0.05) is 12.1 Å². The van der Waals surface area contributed by atoms with Crippen molar-refractivity contribution in [2.75, 3.05) is 30.8 Å². The summed E-state index contributed by atoms with van der Waals surface area (Å²) >= 11 is 0. The van der Waals surface area contributed by atoms with Crippen LogP contribution in [0.4, 0.5) is 5.69 Å². The van der Waals surface area contributed by atoms with Crippen LogP contribution in [0.1, 0.15) is 26.3 Å². The van der Waals surface area contributed by atoms with Crippen LogP contribution in [-0.4, -0.2) is 52.7 Å². The maximum atomic E-state index is 12.2. The fourth-order valence-corrected chi connectivity index (χ4v) is 4.08. The lowest BCUT2D eigenvalue weighted by Crippen LogP contribution is -2.34. The molecule has 3 rings (SSSR count). The van der Waals surface area contributed by atoms with E-state index in [4.69, 9.17) is 9.47 Å². The number of rotatable bonds is 6. The van der Waals surface area contributed by atoms with Crippen LogP contribution in [0.15, 0.2) is 42.5 Å². The fourth-order valence-electron chi connectivity index (χ4n) is 3.12. The summed E-state index contributed by atoms with van der Waals surface area (Å²) in [5, 5.41) is 2.13. The molecule has 0 aromatic heterocycles. The Hall–Kier alpha value is -3.40. The molecule has 30 heavy (non-hydrogen) atoms. The topological polar surface area (TPSA) is 119 Å². The molecule has 2 amide bonds. The Morgan fingerprint density at radius 1 is 1.13 bits per heavy atom. The SMILES string of the molecule is COc1ccccc1C(=O)NC(=O)COC(=O)c1ccc2c(c1)CCN2S(C)(=O)=O. The minimum absolute atomic E-state index is 0.175. The second-order valence-electron chi connectivity index (χ2n) is 6.58. The Morgan fingerprint density at radius 2 is 1.87 bits per heavy atom. The molecule has 0 radical (unpaired) electrons. The standard InChI is InChI=1S/C20H20N2O7S/c1-28-17-6-4-3-5-15(17)19(24)21-18(23)12-29-20(25)14-7-8-16-13(11-14)9-10-22(16)30(2,26)27/h3-8,11H,9-10,12H2,1-2H3,(H,21,23,24). The number of nitrogens with one attached hydrogen (secondary N) is 1. The number of carbonyl (C=O) groups is 3. The van der Waals surface area contributed by atoms with Gasteiger partial charge >= 0.3 is 5.97 Å². The predicted molar refractivity (Wildman–Crippen MR) is 108 cm³/mol. The number of hydrogen-bond acceptors (Lipinski definition) is 7. The van der Waals surface area contributed by atoms with Gasteiger partial charge in [0.1, 0.15) is 5.75 Å². The molecule has 0 saturated heterocycles. The molecule has 0 saturated carbocycles. The number of methoxy groups -OCH3 is 1. The largest absolute Gasteiger partial charge is 0.496 e. The van der Waals surface area contributed by atoms with Gasteiger partial charge in [0.2, 0.25) is 10.0 Å². The molecule has 0 unspecified atom stereocenters. The lowest BCUT2D eigenvalue weighted by molar-refractivity contribution is -0.123. The van der Waals surface area contributed by atoms with Crippen molar-refractivity contribution < 1.29 is 32.3 Å². The molecule has 0 aliphatic carbocycles. The predicted octanol–water partition coefficient (Wildman–Crippen LogP) is 1.13. The average Bonchev–Trinajstić information content (AvgIpc) is 3.15. The van der Waals surface area contributed by atoms with Crippen LogP contribution in [-0.2, 0) is 26.0 Å². The Morgan fingerprint density at radius 3 is 2.57 bits per heavy atom. The van der Waals surface area contributed by atoms with E-state index in [0.29, 0.717) is 30.0 Å². The molecule has 9 nitrogen and oxygen atoms in total. The number of esters is 1. The Labute approximate surface area is 173 Å². The highest BCUT2D eigenvalue weighted by Gasteiger charge is 2.27. The van der Waals surface area contributed by atoms with Crippen molar-refractivity contribution in [2.24, 2.45) is 0 Å². The second-order valence-corrected chi connectivity index (χ2v) is 8.49. The monoisotopic (exact) mass is 432 g/mol. The van der Waals surface area contributed by atoms with Gasteiger partial charge in [0.15, 0.2) is 6.61 Å². The van der Waals surface area contributed by atoms with Crippen molar-refractivity contribution in [3.63, 3.8) is 0 Å². The third-order valence-corrected chi connectivity index (χ3v) is 5.69. The summed E-state index contributed by atoms with van der Waals surface area (Å²) in [4.78, 5) is 36.4. The van der Waals surface area contributed by atoms with Crippen LogP contribution in [0.2, 0.25) is 0 Å². The van der Waals surface area contributed by atoms with E-state index < -0.39 is 34.4 Å². The minimum Gasteiger partial charge on any atom is -0.496 e. The maximum absolute atomic E-state index is 12.2. The number of anilines is 1. The third kappa shape index (κ3) is 4.60. The number of hydrogen-bond donors (Lipinski definition) is 1. The average molecular weight is 432 g/mol. The number of amides is 2. The molecule has 0 bridgehead atoms. The summed E-state index contributed by atoms with van der Waals surface area (Å²) in [5.74, 6) is -1.91. The molecule has 2 aromatic rings. The van der Waals surface area contributed by atoms with E-state index in [0.717, 1.165) is 6.26 Å². The Bertz CT molecular complexity index is 1110. The summed E-state index contributed by atoms with van der Waals surface area (Å²) in [6, 6.07) is 10.9. The van der Waals surface area contributed by atoms with Crippen LogP contribution in [0.5, 0.6) is 5.75 Å². The quantitative estimate of drug-likeness (QED) is 0.680. The summed E-state index contributed by atoms with van der Waals surface area (Å²) in [6.45, 7) is -0.341. The Balaban J connectivity index is 1.59. The van der Waals surface area contributed by atoms with E-state index in [1.165, 1.54) is 29.6 Å². The number of imide groups is 1. The highest BCUT2D eigenvalue weighted by Crippen LogP contribution is 2.30. The number of sulfonamides is 1. The molecule has 10 heteroatoms. The number of para-hydroxylation sites is 1. The van der Waals surface area contributed by atoms with E-state index in [1.54, 1.807) is 24.3 Å². The molecular formula is C20H20N2O7S. The van der Waals surface area contributed by atoms with Crippen molar-refractivity contribution in [2.45, 2.75) is 6.42 Å². The summed E-state index contributed by atoms with van der Waals surface area (Å²) in [6.07, 6.45) is 1.59. The van der Waals surface area contributed by atoms with Crippen LogP contribution in [0.25, 0.3) is 0 Å². The highest BCUT2D eigenvalue weighted by atomic mass is 32.2. The van der Waals surface area contributed by atoms with Crippen molar-refractivity contribution in [1.29, 1.82) is 0 Å². The van der Waals surface area contributed by atoms with Gasteiger partial charge in [-0.2, -0.15) is 0 Å². The Kier molecular flexibility index (Phi) is 6.06. The lowest BCUT2D eigenvalue weighted by Gasteiger charge is -2.16. The van der Waals surface area contributed by atoms with Gasteiger partial charge < -0.3 is 9.47 Å². The molecule has 0 fully saturated rings. The molecule has 0 spiro atoms. The molecule has 158 valence electrons. The van der Waals surface area contributed by atoms with Gasteiger partial charge in [-0.05, 0) is 42.3 Å². The smallest absolute Gasteiger partial charge is 0.338 e. The summed E-state index contributed by atoms with van der Waals surface area (Å²) in [7, 11) is -1.98. The van der Waals surface area contributed by atoms with Crippen LogP contribution < -0.4 is 14.4 Å². The number of nitrogens with zero attached hydrogens (tertiary/aromatic N) is 1. The first-order valence-corrected chi connectivity index (χ1v) is 10.8. The number of fused-ring (bicyclic) bond motifs is 1. The van der Waals surface area contributed by atoms with Crippen LogP contribution >= 0.6 is 0 Å².